The van der Waals surface area contributed by atoms with E-state index < -0.39 is 16.5 Å². The molecule has 0 bridgehead atoms. The quantitative estimate of drug-likeness (QED) is 0.416. The average Bonchev–Trinajstić information content (AvgIpc) is 2.90. The Morgan fingerprint density at radius 2 is 2.00 bits per heavy atom. The molecular formula is C14H12N4O4. The number of fused-ring (bicyclic) bond motifs is 1. The predicted molar refractivity (Wildman–Crippen MR) is 77.7 cm³/mol. The van der Waals surface area contributed by atoms with E-state index in [1.165, 1.54) is 17.1 Å². The Kier molecular flexibility index (Phi) is 3.21. The average molecular weight is 300 g/mol. The van der Waals surface area contributed by atoms with E-state index in [4.69, 9.17) is 4.42 Å². The first-order valence-corrected chi connectivity index (χ1v) is 6.52. The summed E-state index contributed by atoms with van der Waals surface area (Å²) in [6.07, 6.45) is 1.26. The number of hydrogen-bond donors (Lipinski definition) is 0. The Labute approximate surface area is 124 Å². The van der Waals surface area contributed by atoms with Crippen LogP contribution in [-0.2, 0) is 6.54 Å². The Balaban J connectivity index is 2.11. The van der Waals surface area contributed by atoms with E-state index in [2.05, 4.69) is 10.1 Å². The molecule has 0 atom stereocenters. The maximum absolute atomic E-state index is 11.7. The molecule has 1 aromatic carbocycles. The van der Waals surface area contributed by atoms with Gasteiger partial charge in [0, 0.05) is 16.6 Å². The van der Waals surface area contributed by atoms with Crippen LogP contribution in [0.25, 0.3) is 11.0 Å². The van der Waals surface area contributed by atoms with Gasteiger partial charge in [-0.05, 0) is 47.6 Å². The molecule has 3 rings (SSSR count). The number of aryl methyl sites for hydroxylation is 2. The van der Waals surface area contributed by atoms with E-state index in [9.17, 15) is 14.9 Å². The lowest BCUT2D eigenvalue weighted by Crippen LogP contribution is -2.07. The van der Waals surface area contributed by atoms with Gasteiger partial charge in [0.2, 0.25) is 6.33 Å². The van der Waals surface area contributed by atoms with Gasteiger partial charge < -0.3 is 14.5 Å². The van der Waals surface area contributed by atoms with Crippen LogP contribution >= 0.6 is 0 Å². The van der Waals surface area contributed by atoms with Gasteiger partial charge in [-0.2, -0.15) is 4.68 Å². The molecule has 0 aliphatic rings. The van der Waals surface area contributed by atoms with Crippen molar-refractivity contribution in [2.45, 2.75) is 20.4 Å². The van der Waals surface area contributed by atoms with Gasteiger partial charge in [0.1, 0.15) is 5.58 Å². The molecule has 0 N–H and O–H groups in total. The minimum absolute atomic E-state index is 0.200. The molecule has 0 unspecified atom stereocenters. The van der Waals surface area contributed by atoms with E-state index in [0.717, 1.165) is 16.5 Å². The van der Waals surface area contributed by atoms with Gasteiger partial charge in [-0.1, -0.05) is 4.98 Å². The van der Waals surface area contributed by atoms with Gasteiger partial charge in [0.05, 0.1) is 6.54 Å². The third-order valence-corrected chi connectivity index (χ3v) is 3.46. The molecule has 112 valence electrons. The van der Waals surface area contributed by atoms with Crippen LogP contribution in [0.5, 0.6) is 0 Å². The zero-order chi connectivity index (χ0) is 15.9. The Morgan fingerprint density at radius 1 is 1.27 bits per heavy atom. The topological polar surface area (TPSA) is 104 Å². The monoisotopic (exact) mass is 300 g/mol. The molecule has 22 heavy (non-hydrogen) atoms. The number of aromatic nitrogens is 3. The summed E-state index contributed by atoms with van der Waals surface area (Å²) in [6, 6.07) is 5.10. The second-order valence-electron chi connectivity index (χ2n) is 5.02. The fraction of sp³-hybridized carbons (Fsp3) is 0.214. The molecule has 0 amide bonds. The van der Waals surface area contributed by atoms with Crippen LogP contribution in [0.1, 0.15) is 16.7 Å². The maximum atomic E-state index is 11.7. The molecule has 0 aliphatic heterocycles. The lowest BCUT2D eigenvalue weighted by Gasteiger charge is -2.07. The zero-order valence-corrected chi connectivity index (χ0v) is 11.9. The first-order valence-electron chi connectivity index (χ1n) is 6.52. The lowest BCUT2D eigenvalue weighted by atomic mass is 10.0. The molecule has 8 nitrogen and oxygen atoms in total. The Bertz CT molecular complexity index is 942. The second-order valence-corrected chi connectivity index (χ2v) is 5.02. The van der Waals surface area contributed by atoms with Crippen LogP contribution in [0, 0.1) is 24.0 Å². The molecule has 0 spiro atoms. The predicted octanol–water partition coefficient (Wildman–Crippen LogP) is 1.96. The molecule has 3 aromatic rings. The summed E-state index contributed by atoms with van der Waals surface area (Å²) < 4.78 is 6.53. The van der Waals surface area contributed by atoms with Gasteiger partial charge in [0.25, 0.3) is 0 Å². The summed E-state index contributed by atoms with van der Waals surface area (Å²) in [5, 5.41) is 15.2. The summed E-state index contributed by atoms with van der Waals surface area (Å²) in [7, 11) is 0. The zero-order valence-electron chi connectivity index (χ0n) is 11.9. The molecule has 0 radical (unpaired) electrons. The highest BCUT2D eigenvalue weighted by molar-refractivity contribution is 5.81. The Hall–Kier alpha value is -3.03. The van der Waals surface area contributed by atoms with Crippen molar-refractivity contribution in [1.29, 1.82) is 0 Å². The van der Waals surface area contributed by atoms with E-state index >= 15 is 0 Å². The first kappa shape index (κ1) is 13.9. The summed E-state index contributed by atoms with van der Waals surface area (Å²) in [5.41, 5.74) is 2.77. The van der Waals surface area contributed by atoms with Crippen LogP contribution in [0.3, 0.4) is 0 Å². The number of hydrogen-bond acceptors (Lipinski definition) is 6. The largest absolute Gasteiger partial charge is 0.490 e. The van der Waals surface area contributed by atoms with E-state index in [1.807, 2.05) is 19.9 Å². The van der Waals surface area contributed by atoms with Crippen molar-refractivity contribution in [3.63, 3.8) is 0 Å². The molecule has 0 saturated heterocycles. The fourth-order valence-corrected chi connectivity index (χ4v) is 2.23. The van der Waals surface area contributed by atoms with Gasteiger partial charge in [-0.25, -0.2) is 4.79 Å². The molecule has 0 fully saturated rings. The van der Waals surface area contributed by atoms with Crippen LogP contribution in [0.15, 0.2) is 33.7 Å². The van der Waals surface area contributed by atoms with Crippen LogP contribution < -0.4 is 5.63 Å². The SMILES string of the molecule is Cc1cc2oc(=O)cc(Cn3cnc([N+](=O)[O-])n3)c2cc1C. The fourth-order valence-electron chi connectivity index (χ4n) is 2.23. The van der Waals surface area contributed by atoms with Crippen molar-refractivity contribution in [3.8, 4) is 0 Å². The standard InChI is InChI=1S/C14H12N4O4/c1-8-3-11-10(5-13(19)22-12(11)4-9(8)2)6-17-7-15-14(16-17)18(20)21/h3-5,7H,6H2,1-2H3. The van der Waals surface area contributed by atoms with Gasteiger partial charge >= 0.3 is 11.6 Å². The smallest absolute Gasteiger partial charge is 0.423 e. The van der Waals surface area contributed by atoms with Gasteiger partial charge in [0.15, 0.2) is 0 Å². The highest BCUT2D eigenvalue weighted by Crippen LogP contribution is 2.22. The van der Waals surface area contributed by atoms with Crippen molar-refractivity contribution >= 4 is 16.9 Å². The third kappa shape index (κ3) is 2.46. The lowest BCUT2D eigenvalue weighted by molar-refractivity contribution is -0.394. The van der Waals surface area contributed by atoms with Crippen molar-refractivity contribution in [2.24, 2.45) is 0 Å². The number of nitro groups is 1. The first-order chi connectivity index (χ1) is 10.4. The molecule has 0 saturated carbocycles. The molecule has 0 aliphatic carbocycles. The number of rotatable bonds is 3. The molecule has 8 heteroatoms. The van der Waals surface area contributed by atoms with E-state index in [-0.39, 0.29) is 6.54 Å². The van der Waals surface area contributed by atoms with Gasteiger partial charge in [-0.3, -0.25) is 0 Å². The maximum Gasteiger partial charge on any atom is 0.490 e. The molecule has 2 heterocycles. The second kappa shape index (κ2) is 5.06. The minimum Gasteiger partial charge on any atom is -0.423 e. The van der Waals surface area contributed by atoms with E-state index in [1.54, 1.807) is 6.07 Å². The highest BCUT2D eigenvalue weighted by atomic mass is 16.6. The molecule has 2 aromatic heterocycles. The summed E-state index contributed by atoms with van der Waals surface area (Å²) in [6.45, 7) is 4.09. The van der Waals surface area contributed by atoms with Gasteiger partial charge in [-0.15, -0.1) is 0 Å². The highest BCUT2D eigenvalue weighted by Gasteiger charge is 2.15. The van der Waals surface area contributed by atoms with Crippen LogP contribution in [0.4, 0.5) is 5.95 Å². The number of benzene rings is 1. The number of nitrogens with zero attached hydrogens (tertiary/aromatic N) is 4. The molecular weight excluding hydrogens is 288 g/mol. The summed E-state index contributed by atoms with van der Waals surface area (Å²) in [5.74, 6) is -0.473. The van der Waals surface area contributed by atoms with Crippen molar-refractivity contribution in [3.05, 3.63) is 61.8 Å². The van der Waals surface area contributed by atoms with Crippen molar-refractivity contribution in [2.75, 3.05) is 0 Å². The normalized spacial score (nSPS) is 11.0. The van der Waals surface area contributed by atoms with Crippen LogP contribution in [0.2, 0.25) is 0 Å². The summed E-state index contributed by atoms with van der Waals surface area (Å²) >= 11 is 0. The third-order valence-electron chi connectivity index (χ3n) is 3.46. The summed E-state index contributed by atoms with van der Waals surface area (Å²) in [4.78, 5) is 25.2. The van der Waals surface area contributed by atoms with Crippen molar-refractivity contribution < 1.29 is 9.34 Å². The Morgan fingerprint density at radius 3 is 2.68 bits per heavy atom. The van der Waals surface area contributed by atoms with E-state index in [0.29, 0.717) is 11.1 Å². The van der Waals surface area contributed by atoms with Crippen LogP contribution in [-0.4, -0.2) is 19.7 Å². The minimum atomic E-state index is -0.665. The van der Waals surface area contributed by atoms with Crippen molar-refractivity contribution in [1.82, 2.24) is 14.8 Å².